The van der Waals surface area contributed by atoms with Crippen molar-refractivity contribution in [2.45, 2.75) is 32.2 Å². The lowest BCUT2D eigenvalue weighted by Crippen LogP contribution is -2.33. The van der Waals surface area contributed by atoms with Crippen molar-refractivity contribution >= 4 is 16.8 Å². The number of ether oxygens (including phenoxy) is 1. The van der Waals surface area contributed by atoms with Gasteiger partial charge in [0.2, 0.25) is 5.91 Å². The highest BCUT2D eigenvalue weighted by Gasteiger charge is 2.31. The summed E-state index contributed by atoms with van der Waals surface area (Å²) in [5.41, 5.74) is 2.09. The van der Waals surface area contributed by atoms with E-state index < -0.39 is 0 Å². The zero-order valence-corrected chi connectivity index (χ0v) is 12.0. The Labute approximate surface area is 118 Å². The number of rotatable bonds is 5. The van der Waals surface area contributed by atoms with Gasteiger partial charge in [-0.15, -0.1) is 0 Å². The molecule has 1 aromatic heterocycles. The minimum atomic E-state index is 0.221. The van der Waals surface area contributed by atoms with E-state index in [9.17, 15) is 4.79 Å². The molecule has 0 aliphatic heterocycles. The third kappa shape index (κ3) is 2.38. The normalized spacial score (nSPS) is 14.5. The first-order valence-corrected chi connectivity index (χ1v) is 7.16. The van der Waals surface area contributed by atoms with Gasteiger partial charge in [0.1, 0.15) is 5.75 Å². The van der Waals surface area contributed by atoms with Crippen molar-refractivity contribution in [1.82, 2.24) is 9.88 Å². The Morgan fingerprint density at radius 2 is 2.25 bits per heavy atom. The Morgan fingerprint density at radius 1 is 1.45 bits per heavy atom. The number of hydrogen-bond acceptors (Lipinski definition) is 2. The van der Waals surface area contributed by atoms with E-state index in [1.165, 1.54) is 0 Å². The number of methoxy groups -OCH3 is 1. The maximum absolute atomic E-state index is 12.4. The van der Waals surface area contributed by atoms with Crippen molar-refractivity contribution in [3.8, 4) is 5.75 Å². The quantitative estimate of drug-likeness (QED) is 0.909. The van der Waals surface area contributed by atoms with Gasteiger partial charge in [0.25, 0.3) is 0 Å². The first-order chi connectivity index (χ1) is 9.72. The van der Waals surface area contributed by atoms with Crippen LogP contribution in [0.1, 0.15) is 25.3 Å². The Balaban J connectivity index is 1.84. The van der Waals surface area contributed by atoms with Gasteiger partial charge in [-0.1, -0.05) is 0 Å². The molecule has 20 heavy (non-hydrogen) atoms. The molecule has 0 radical (unpaired) electrons. The Morgan fingerprint density at radius 3 is 2.90 bits per heavy atom. The van der Waals surface area contributed by atoms with Crippen LogP contribution in [0.4, 0.5) is 0 Å². The molecule has 4 nitrogen and oxygen atoms in total. The van der Waals surface area contributed by atoms with Crippen LogP contribution in [0.3, 0.4) is 0 Å². The number of carbonyl (C=O) groups excluding carboxylic acids is 1. The van der Waals surface area contributed by atoms with Crippen LogP contribution >= 0.6 is 0 Å². The van der Waals surface area contributed by atoms with Crippen LogP contribution in [-0.4, -0.2) is 35.5 Å². The summed E-state index contributed by atoms with van der Waals surface area (Å²) in [5.74, 6) is 1.04. The summed E-state index contributed by atoms with van der Waals surface area (Å²) in [6.45, 7) is 2.85. The zero-order valence-electron chi connectivity index (χ0n) is 12.0. The molecule has 0 unspecified atom stereocenters. The van der Waals surface area contributed by atoms with Crippen LogP contribution in [0.15, 0.2) is 24.4 Å². The van der Waals surface area contributed by atoms with Crippen LogP contribution in [0.2, 0.25) is 0 Å². The molecule has 1 heterocycles. The maximum atomic E-state index is 12.4. The summed E-state index contributed by atoms with van der Waals surface area (Å²) in [6.07, 6.45) is 4.70. The second-order valence-electron chi connectivity index (χ2n) is 5.31. The molecular formula is C16H20N2O2. The molecule has 1 saturated carbocycles. The molecule has 106 valence electrons. The molecule has 1 N–H and O–H groups in total. The van der Waals surface area contributed by atoms with E-state index in [2.05, 4.69) is 11.9 Å². The molecule has 1 amide bonds. The first kappa shape index (κ1) is 13.0. The molecule has 1 aliphatic rings. The standard InChI is InChI=1S/C16H20N2O2/c1-3-18(12-4-5-12)16(19)8-11-10-17-15-7-6-13(20-2)9-14(11)15/h6-7,9-10,12,17H,3-5,8H2,1-2H3. The molecular weight excluding hydrogens is 252 g/mol. The highest BCUT2D eigenvalue weighted by molar-refractivity contribution is 5.90. The van der Waals surface area contributed by atoms with Gasteiger partial charge >= 0.3 is 0 Å². The molecule has 0 bridgehead atoms. The average molecular weight is 272 g/mol. The number of aromatic nitrogens is 1. The Hall–Kier alpha value is -1.97. The maximum Gasteiger partial charge on any atom is 0.227 e. The van der Waals surface area contributed by atoms with Gasteiger partial charge in [0.15, 0.2) is 0 Å². The van der Waals surface area contributed by atoms with Crippen molar-refractivity contribution in [2.75, 3.05) is 13.7 Å². The lowest BCUT2D eigenvalue weighted by atomic mass is 10.1. The second kappa shape index (κ2) is 5.19. The van der Waals surface area contributed by atoms with Gasteiger partial charge in [-0.3, -0.25) is 4.79 Å². The Bertz CT molecular complexity index is 628. The highest BCUT2D eigenvalue weighted by Crippen LogP contribution is 2.28. The molecule has 4 heteroatoms. The minimum absolute atomic E-state index is 0.221. The SMILES string of the molecule is CCN(C(=O)Cc1c[nH]c2ccc(OC)cc12)C1CC1. The summed E-state index contributed by atoms with van der Waals surface area (Å²) in [6, 6.07) is 6.38. The predicted molar refractivity (Wildman–Crippen MR) is 79.0 cm³/mol. The number of hydrogen-bond donors (Lipinski definition) is 1. The number of aromatic amines is 1. The molecule has 3 rings (SSSR count). The lowest BCUT2D eigenvalue weighted by Gasteiger charge is -2.20. The molecule has 2 aromatic rings. The van der Waals surface area contributed by atoms with Gasteiger partial charge in [0, 0.05) is 29.7 Å². The van der Waals surface area contributed by atoms with Gasteiger partial charge < -0.3 is 14.6 Å². The van der Waals surface area contributed by atoms with Crippen LogP contribution in [0, 0.1) is 0 Å². The average Bonchev–Trinajstić information content (AvgIpc) is 3.22. The lowest BCUT2D eigenvalue weighted by molar-refractivity contribution is -0.130. The minimum Gasteiger partial charge on any atom is -0.497 e. The van der Waals surface area contributed by atoms with Crippen molar-refractivity contribution < 1.29 is 9.53 Å². The van der Waals surface area contributed by atoms with Crippen LogP contribution in [0.5, 0.6) is 5.75 Å². The summed E-state index contributed by atoms with van der Waals surface area (Å²) < 4.78 is 5.26. The monoisotopic (exact) mass is 272 g/mol. The van der Waals surface area contributed by atoms with Gasteiger partial charge in [-0.2, -0.15) is 0 Å². The Kier molecular flexibility index (Phi) is 3.38. The number of benzene rings is 1. The molecule has 0 spiro atoms. The van der Waals surface area contributed by atoms with Gasteiger partial charge in [0.05, 0.1) is 13.5 Å². The molecule has 1 aliphatic carbocycles. The van der Waals surface area contributed by atoms with E-state index in [0.717, 1.165) is 41.6 Å². The van der Waals surface area contributed by atoms with E-state index in [4.69, 9.17) is 4.74 Å². The number of H-pyrrole nitrogens is 1. The molecule has 0 atom stereocenters. The number of nitrogens with zero attached hydrogens (tertiary/aromatic N) is 1. The summed E-state index contributed by atoms with van der Waals surface area (Å²) in [7, 11) is 1.66. The largest absolute Gasteiger partial charge is 0.497 e. The van der Waals surface area contributed by atoms with E-state index >= 15 is 0 Å². The second-order valence-corrected chi connectivity index (χ2v) is 5.31. The number of fused-ring (bicyclic) bond motifs is 1. The van der Waals surface area contributed by atoms with Gasteiger partial charge in [-0.05, 0) is 43.5 Å². The summed E-state index contributed by atoms with van der Waals surface area (Å²) in [4.78, 5) is 17.6. The fraction of sp³-hybridized carbons (Fsp3) is 0.438. The fourth-order valence-electron chi connectivity index (χ4n) is 2.72. The predicted octanol–water partition coefficient (Wildman–Crippen LogP) is 2.73. The third-order valence-electron chi connectivity index (χ3n) is 3.96. The number of carbonyl (C=O) groups is 1. The fourth-order valence-corrected chi connectivity index (χ4v) is 2.72. The van der Waals surface area contributed by atoms with E-state index in [0.29, 0.717) is 12.5 Å². The summed E-state index contributed by atoms with van der Waals surface area (Å²) >= 11 is 0. The molecule has 1 aromatic carbocycles. The number of likely N-dealkylation sites (N-methyl/N-ethyl adjacent to an activating group) is 1. The zero-order chi connectivity index (χ0) is 14.1. The van der Waals surface area contributed by atoms with Crippen LogP contribution < -0.4 is 4.74 Å². The molecule has 0 saturated heterocycles. The van der Waals surface area contributed by atoms with Gasteiger partial charge in [-0.25, -0.2) is 0 Å². The van der Waals surface area contributed by atoms with Crippen LogP contribution in [0.25, 0.3) is 10.9 Å². The van der Waals surface area contributed by atoms with E-state index in [1.54, 1.807) is 7.11 Å². The highest BCUT2D eigenvalue weighted by atomic mass is 16.5. The van der Waals surface area contributed by atoms with Crippen molar-refractivity contribution in [3.63, 3.8) is 0 Å². The van der Waals surface area contributed by atoms with Crippen molar-refractivity contribution in [3.05, 3.63) is 30.0 Å². The van der Waals surface area contributed by atoms with Crippen molar-refractivity contribution in [1.29, 1.82) is 0 Å². The topological polar surface area (TPSA) is 45.3 Å². The number of nitrogens with one attached hydrogen (secondary N) is 1. The smallest absolute Gasteiger partial charge is 0.227 e. The van der Waals surface area contributed by atoms with E-state index in [1.807, 2.05) is 29.3 Å². The third-order valence-corrected chi connectivity index (χ3v) is 3.96. The van der Waals surface area contributed by atoms with Crippen LogP contribution in [-0.2, 0) is 11.2 Å². The van der Waals surface area contributed by atoms with E-state index in [-0.39, 0.29) is 5.91 Å². The first-order valence-electron chi connectivity index (χ1n) is 7.16. The summed E-state index contributed by atoms with van der Waals surface area (Å²) in [5, 5.41) is 1.07. The van der Waals surface area contributed by atoms with Crippen molar-refractivity contribution in [2.24, 2.45) is 0 Å². The number of amides is 1. The molecule has 1 fully saturated rings.